The average Bonchev–Trinajstić information content (AvgIpc) is 2.84. The number of hydrogen-bond donors (Lipinski definition) is 0. The number of unbranched alkanes of at least 4 members (excludes halogenated alkanes) is 2. The van der Waals surface area contributed by atoms with E-state index in [2.05, 4.69) is 49.9 Å². The highest BCUT2D eigenvalue weighted by Gasteiger charge is 2.35. The highest BCUT2D eigenvalue weighted by atomic mass is 16.2. The molecule has 21 heavy (non-hydrogen) atoms. The fourth-order valence-electron chi connectivity index (χ4n) is 3.36. The molecule has 1 aromatic rings. The Bertz CT molecular complexity index is 460. The molecule has 2 nitrogen and oxygen atoms in total. The van der Waals surface area contributed by atoms with Crippen LogP contribution in [0.2, 0.25) is 0 Å². The minimum Gasteiger partial charge on any atom is -0.342 e. The van der Waals surface area contributed by atoms with Crippen LogP contribution < -0.4 is 0 Å². The number of carbonyl (C=O) groups excluding carboxylic acids is 1. The minimum absolute atomic E-state index is 0.149. The Hall–Kier alpha value is -1.31. The van der Waals surface area contributed by atoms with Crippen LogP contribution in [0.5, 0.6) is 0 Å². The van der Waals surface area contributed by atoms with Crippen molar-refractivity contribution in [3.8, 4) is 0 Å². The number of benzene rings is 1. The first-order chi connectivity index (χ1) is 10.2. The van der Waals surface area contributed by atoms with Crippen molar-refractivity contribution < 1.29 is 4.79 Å². The molecule has 2 rings (SSSR count). The van der Waals surface area contributed by atoms with Crippen LogP contribution in [-0.4, -0.2) is 23.9 Å². The van der Waals surface area contributed by atoms with Crippen LogP contribution in [0.25, 0.3) is 0 Å². The van der Waals surface area contributed by atoms with E-state index in [0.717, 1.165) is 45.2 Å². The van der Waals surface area contributed by atoms with Gasteiger partial charge in [0.1, 0.15) is 0 Å². The van der Waals surface area contributed by atoms with Crippen LogP contribution in [0, 0.1) is 5.92 Å². The van der Waals surface area contributed by atoms with Gasteiger partial charge in [-0.15, -0.1) is 0 Å². The first-order valence-electron chi connectivity index (χ1n) is 8.55. The number of carbonyl (C=O) groups is 1. The smallest absolute Gasteiger partial charge is 0.226 e. The third-order valence-electron chi connectivity index (χ3n) is 4.78. The highest BCUT2D eigenvalue weighted by Crippen LogP contribution is 2.38. The zero-order chi connectivity index (χ0) is 15.2. The summed E-state index contributed by atoms with van der Waals surface area (Å²) < 4.78 is 0. The van der Waals surface area contributed by atoms with Crippen LogP contribution >= 0.6 is 0 Å². The maximum Gasteiger partial charge on any atom is 0.226 e. The molecular weight excluding hydrogens is 258 g/mol. The van der Waals surface area contributed by atoms with Crippen LogP contribution in [0.4, 0.5) is 0 Å². The van der Waals surface area contributed by atoms with Crippen LogP contribution in [0.15, 0.2) is 24.3 Å². The van der Waals surface area contributed by atoms with Gasteiger partial charge in [0.2, 0.25) is 5.91 Å². The van der Waals surface area contributed by atoms with Crippen LogP contribution in [0.1, 0.15) is 63.5 Å². The number of hydrogen-bond acceptors (Lipinski definition) is 1. The highest BCUT2D eigenvalue weighted by molar-refractivity contribution is 5.81. The van der Waals surface area contributed by atoms with Crippen LogP contribution in [-0.2, 0) is 11.2 Å². The molecule has 116 valence electrons. The fraction of sp³-hybridized carbons (Fsp3) is 0.632. The molecule has 0 aliphatic heterocycles. The molecule has 1 aliphatic rings. The first kappa shape index (κ1) is 16.1. The molecule has 0 fully saturated rings. The van der Waals surface area contributed by atoms with Gasteiger partial charge in [0, 0.05) is 19.0 Å². The van der Waals surface area contributed by atoms with Gasteiger partial charge < -0.3 is 4.90 Å². The molecule has 0 spiro atoms. The number of fused-ring (bicyclic) bond motifs is 1. The van der Waals surface area contributed by atoms with E-state index in [0.29, 0.717) is 11.8 Å². The molecule has 1 aromatic carbocycles. The third kappa shape index (κ3) is 3.66. The SMILES string of the molecule is CCCCN(CCCC)C(=O)[C@@H]1Cc2ccccc2[C@H]1C. The summed E-state index contributed by atoms with van der Waals surface area (Å²) in [6, 6.07) is 8.55. The lowest BCUT2D eigenvalue weighted by Crippen LogP contribution is -2.38. The third-order valence-corrected chi connectivity index (χ3v) is 4.78. The van der Waals surface area contributed by atoms with E-state index in [1.54, 1.807) is 0 Å². The Kier molecular flexibility index (Phi) is 5.84. The molecule has 0 saturated heterocycles. The first-order valence-corrected chi connectivity index (χ1v) is 8.55. The van der Waals surface area contributed by atoms with Gasteiger partial charge in [-0.1, -0.05) is 57.9 Å². The summed E-state index contributed by atoms with van der Waals surface area (Å²) in [6.07, 6.45) is 5.45. The molecular formula is C19H29NO. The van der Waals surface area contributed by atoms with Crippen molar-refractivity contribution in [1.29, 1.82) is 0 Å². The quantitative estimate of drug-likeness (QED) is 0.728. The Balaban J connectivity index is 2.07. The normalized spacial score (nSPS) is 20.3. The minimum atomic E-state index is 0.149. The van der Waals surface area contributed by atoms with Gasteiger partial charge in [-0.2, -0.15) is 0 Å². The Labute approximate surface area is 129 Å². The van der Waals surface area contributed by atoms with Gasteiger partial charge in [-0.25, -0.2) is 0 Å². The lowest BCUT2D eigenvalue weighted by atomic mass is 9.93. The predicted octanol–water partition coefficient (Wildman–Crippen LogP) is 4.39. The molecule has 0 aromatic heterocycles. The van der Waals surface area contributed by atoms with Gasteiger partial charge in [0.15, 0.2) is 0 Å². The van der Waals surface area contributed by atoms with E-state index in [1.807, 2.05) is 0 Å². The largest absolute Gasteiger partial charge is 0.342 e. The van der Waals surface area contributed by atoms with Crippen molar-refractivity contribution in [2.24, 2.45) is 5.92 Å². The summed E-state index contributed by atoms with van der Waals surface area (Å²) in [5, 5.41) is 0. The average molecular weight is 287 g/mol. The van der Waals surface area contributed by atoms with Crippen molar-refractivity contribution in [2.45, 2.75) is 58.8 Å². The monoisotopic (exact) mass is 287 g/mol. The summed E-state index contributed by atoms with van der Waals surface area (Å²) in [5.74, 6) is 0.885. The molecule has 2 atom stereocenters. The van der Waals surface area contributed by atoms with Crippen molar-refractivity contribution in [3.63, 3.8) is 0 Å². The lowest BCUT2D eigenvalue weighted by molar-refractivity contribution is -0.136. The second-order valence-corrected chi connectivity index (χ2v) is 6.33. The summed E-state index contributed by atoms with van der Waals surface area (Å²) in [4.78, 5) is 15.1. The van der Waals surface area contributed by atoms with Gasteiger partial charge >= 0.3 is 0 Å². The second-order valence-electron chi connectivity index (χ2n) is 6.33. The zero-order valence-electron chi connectivity index (χ0n) is 13.8. The summed E-state index contributed by atoms with van der Waals surface area (Å²) in [7, 11) is 0. The van der Waals surface area contributed by atoms with Crippen molar-refractivity contribution in [1.82, 2.24) is 4.90 Å². The number of nitrogens with zero attached hydrogens (tertiary/aromatic N) is 1. The van der Waals surface area contributed by atoms with E-state index < -0.39 is 0 Å². The van der Waals surface area contributed by atoms with Gasteiger partial charge in [-0.05, 0) is 36.3 Å². The molecule has 0 N–H and O–H groups in total. The van der Waals surface area contributed by atoms with Crippen LogP contribution in [0.3, 0.4) is 0 Å². The maximum absolute atomic E-state index is 13.0. The molecule has 1 amide bonds. The number of rotatable bonds is 7. The van der Waals surface area contributed by atoms with Crippen molar-refractivity contribution in [3.05, 3.63) is 35.4 Å². The summed E-state index contributed by atoms with van der Waals surface area (Å²) >= 11 is 0. The second kappa shape index (κ2) is 7.63. The van der Waals surface area contributed by atoms with E-state index in [1.165, 1.54) is 11.1 Å². The van der Waals surface area contributed by atoms with E-state index in [4.69, 9.17) is 0 Å². The Morgan fingerprint density at radius 3 is 2.33 bits per heavy atom. The van der Waals surface area contributed by atoms with Gasteiger partial charge in [0.05, 0.1) is 0 Å². The molecule has 0 saturated carbocycles. The lowest BCUT2D eigenvalue weighted by Gasteiger charge is -2.27. The summed E-state index contributed by atoms with van der Waals surface area (Å²) in [6.45, 7) is 8.45. The van der Waals surface area contributed by atoms with E-state index in [-0.39, 0.29) is 5.92 Å². The molecule has 0 heterocycles. The molecule has 0 bridgehead atoms. The Morgan fingerprint density at radius 1 is 1.14 bits per heavy atom. The molecule has 2 heteroatoms. The van der Waals surface area contributed by atoms with Gasteiger partial charge in [-0.3, -0.25) is 4.79 Å². The van der Waals surface area contributed by atoms with Crippen molar-refractivity contribution in [2.75, 3.05) is 13.1 Å². The molecule has 0 unspecified atom stereocenters. The maximum atomic E-state index is 13.0. The number of amides is 1. The van der Waals surface area contributed by atoms with Gasteiger partial charge in [0.25, 0.3) is 0 Å². The standard InChI is InChI=1S/C19H29NO/c1-4-6-12-20(13-7-5-2)19(21)18-14-16-10-8-9-11-17(16)15(18)3/h8-11,15,18H,4-7,12-14H2,1-3H3/t15-,18-/m1/s1. The Morgan fingerprint density at radius 2 is 1.76 bits per heavy atom. The summed E-state index contributed by atoms with van der Waals surface area (Å²) in [5.41, 5.74) is 2.75. The fourth-order valence-corrected chi connectivity index (χ4v) is 3.36. The molecule has 0 radical (unpaired) electrons. The molecule has 1 aliphatic carbocycles. The predicted molar refractivity (Wildman–Crippen MR) is 88.4 cm³/mol. The van der Waals surface area contributed by atoms with E-state index in [9.17, 15) is 4.79 Å². The topological polar surface area (TPSA) is 20.3 Å². The van der Waals surface area contributed by atoms with Crippen molar-refractivity contribution >= 4 is 5.91 Å². The zero-order valence-corrected chi connectivity index (χ0v) is 13.8. The van der Waals surface area contributed by atoms with E-state index >= 15 is 0 Å².